The number of nitrogens with zero attached hydrogens (tertiary/aromatic N) is 1. The van der Waals surface area contributed by atoms with Crippen LogP contribution in [0.2, 0.25) is 0 Å². The maximum Gasteiger partial charge on any atom is 0.247 e. The topological polar surface area (TPSA) is 67.9 Å². The summed E-state index contributed by atoms with van der Waals surface area (Å²) in [5.41, 5.74) is 1.30. The number of hydrogen-bond donors (Lipinski definition) is 1. The van der Waals surface area contributed by atoms with Crippen LogP contribution < -0.4 is 14.8 Å². The van der Waals surface area contributed by atoms with Crippen LogP contribution in [0.25, 0.3) is 0 Å². The molecular weight excluding hydrogens is 447 g/mol. The molecule has 0 aromatic heterocycles. The Labute approximate surface area is 198 Å². The summed E-state index contributed by atoms with van der Waals surface area (Å²) >= 11 is 5.95. The summed E-state index contributed by atoms with van der Waals surface area (Å²) < 4.78 is 24.5. The van der Waals surface area contributed by atoms with E-state index in [4.69, 9.17) is 21.1 Å². The van der Waals surface area contributed by atoms with Crippen LogP contribution in [0, 0.1) is 5.82 Å². The highest BCUT2D eigenvalue weighted by Gasteiger charge is 2.33. The fourth-order valence-corrected chi connectivity index (χ4v) is 4.61. The highest BCUT2D eigenvalue weighted by molar-refractivity contribution is 6.27. The Balaban J connectivity index is 1.64. The molecule has 2 aliphatic rings. The van der Waals surface area contributed by atoms with E-state index >= 15 is 0 Å². The first-order chi connectivity index (χ1) is 16.0. The molecule has 2 aromatic rings. The molecule has 0 bridgehead atoms. The number of carbonyl (C=O) groups excluding carboxylic acids is 2. The van der Waals surface area contributed by atoms with Gasteiger partial charge in [0.2, 0.25) is 18.6 Å². The summed E-state index contributed by atoms with van der Waals surface area (Å²) in [6.45, 7) is 0.285. The minimum Gasteiger partial charge on any atom is -0.454 e. The van der Waals surface area contributed by atoms with Crippen LogP contribution in [-0.4, -0.2) is 35.4 Å². The molecule has 1 N–H and O–H groups in total. The van der Waals surface area contributed by atoms with Crippen molar-refractivity contribution in [2.24, 2.45) is 0 Å². The Bertz CT molecular complexity index is 977. The van der Waals surface area contributed by atoms with E-state index in [9.17, 15) is 14.0 Å². The summed E-state index contributed by atoms with van der Waals surface area (Å²) in [4.78, 5) is 28.0. The lowest BCUT2D eigenvalue weighted by atomic mass is 10.0. The maximum absolute atomic E-state index is 13.6. The Kier molecular flexibility index (Phi) is 7.70. The van der Waals surface area contributed by atoms with Crippen molar-refractivity contribution in [2.75, 3.05) is 12.7 Å². The average Bonchev–Trinajstić information content (AvgIpc) is 3.14. The normalized spacial score (nSPS) is 16.7. The second-order valence-electron chi connectivity index (χ2n) is 8.49. The molecule has 1 unspecified atom stereocenters. The van der Waals surface area contributed by atoms with Crippen molar-refractivity contribution in [1.82, 2.24) is 10.2 Å². The van der Waals surface area contributed by atoms with Crippen LogP contribution in [0.5, 0.6) is 11.5 Å². The van der Waals surface area contributed by atoms with E-state index in [1.807, 2.05) is 6.07 Å². The van der Waals surface area contributed by atoms with E-state index in [0.717, 1.165) is 44.1 Å². The second kappa shape index (κ2) is 10.9. The number of halogens is 2. The lowest BCUT2D eigenvalue weighted by Crippen LogP contribution is -2.46. The van der Waals surface area contributed by atoms with Crippen molar-refractivity contribution in [2.45, 2.75) is 57.2 Å². The van der Waals surface area contributed by atoms with E-state index < -0.39 is 11.9 Å². The largest absolute Gasteiger partial charge is 0.454 e. The summed E-state index contributed by atoms with van der Waals surface area (Å²) in [5, 5.41) is 3.14. The van der Waals surface area contributed by atoms with Crippen LogP contribution in [0.1, 0.15) is 55.7 Å². The number of ether oxygens (including phenoxy) is 2. The van der Waals surface area contributed by atoms with Crippen LogP contribution >= 0.6 is 11.6 Å². The van der Waals surface area contributed by atoms with Gasteiger partial charge < -0.3 is 19.7 Å². The molecule has 1 saturated carbocycles. The molecule has 0 spiro atoms. The third-order valence-electron chi connectivity index (χ3n) is 6.17. The van der Waals surface area contributed by atoms with Crippen molar-refractivity contribution >= 4 is 23.4 Å². The molecule has 2 amide bonds. The average molecular weight is 475 g/mol. The number of rotatable bonds is 7. The van der Waals surface area contributed by atoms with Gasteiger partial charge in [-0.3, -0.25) is 9.59 Å². The van der Waals surface area contributed by atoms with Gasteiger partial charge in [0.1, 0.15) is 17.7 Å². The zero-order chi connectivity index (χ0) is 23.2. The van der Waals surface area contributed by atoms with Crippen LogP contribution in [0.15, 0.2) is 42.5 Å². The number of alkyl halides is 1. The molecule has 0 radical (unpaired) electrons. The molecule has 1 aliphatic carbocycles. The van der Waals surface area contributed by atoms with Gasteiger partial charge >= 0.3 is 0 Å². The smallest absolute Gasteiger partial charge is 0.247 e. The quantitative estimate of drug-likeness (QED) is 0.466. The highest BCUT2D eigenvalue weighted by atomic mass is 35.5. The van der Waals surface area contributed by atoms with Gasteiger partial charge in [-0.25, -0.2) is 4.39 Å². The monoisotopic (exact) mass is 474 g/mol. The Hall–Kier alpha value is -2.80. The van der Waals surface area contributed by atoms with E-state index in [1.165, 1.54) is 17.0 Å². The molecule has 1 atom stereocenters. The molecule has 1 aliphatic heterocycles. The number of carbonyl (C=O) groups is 2. The minimum absolute atomic E-state index is 0.0569. The molecule has 6 nitrogen and oxygen atoms in total. The molecule has 8 heteroatoms. The number of benzene rings is 2. The number of amides is 2. The summed E-state index contributed by atoms with van der Waals surface area (Å²) in [6, 6.07) is 10.2. The van der Waals surface area contributed by atoms with Crippen molar-refractivity contribution in [1.29, 1.82) is 0 Å². The fraction of sp³-hybridized carbons (Fsp3) is 0.440. The van der Waals surface area contributed by atoms with Crippen molar-refractivity contribution < 1.29 is 23.5 Å². The van der Waals surface area contributed by atoms with Gasteiger partial charge in [0.25, 0.3) is 0 Å². The zero-order valence-corrected chi connectivity index (χ0v) is 19.2. The van der Waals surface area contributed by atoms with Crippen molar-refractivity contribution in [3.63, 3.8) is 0 Å². The molecule has 4 rings (SSSR count). The Morgan fingerprint density at radius 1 is 1.03 bits per heavy atom. The highest BCUT2D eigenvalue weighted by Crippen LogP contribution is 2.34. The number of fused-ring (bicyclic) bond motifs is 1. The fourth-order valence-electron chi connectivity index (χ4n) is 4.46. The number of nitrogens with one attached hydrogen (secondary N) is 1. The second-order valence-corrected chi connectivity index (χ2v) is 8.76. The molecule has 176 valence electrons. The van der Waals surface area contributed by atoms with E-state index in [1.54, 1.807) is 24.3 Å². The van der Waals surface area contributed by atoms with Gasteiger partial charge in [-0.1, -0.05) is 43.9 Å². The molecule has 1 fully saturated rings. The summed E-state index contributed by atoms with van der Waals surface area (Å²) in [5.74, 6) is -0.138. The minimum atomic E-state index is -0.939. The summed E-state index contributed by atoms with van der Waals surface area (Å²) in [7, 11) is 0. The molecule has 33 heavy (non-hydrogen) atoms. The first-order valence-electron chi connectivity index (χ1n) is 11.3. The standard InChI is InChI=1S/C25H28ClFN2O4/c26-14-23(30)29(15-17-7-12-21-22(13-17)33-16-32-21)24(18-8-10-19(27)11-9-18)25(31)28-20-5-3-1-2-4-6-20/h7-13,20,24H,1-6,14-16H2,(H,28,31). The maximum atomic E-state index is 13.6. The van der Waals surface area contributed by atoms with Gasteiger partial charge in [0, 0.05) is 12.6 Å². The van der Waals surface area contributed by atoms with Crippen LogP contribution in [0.3, 0.4) is 0 Å². The van der Waals surface area contributed by atoms with Crippen LogP contribution in [0.4, 0.5) is 4.39 Å². The third-order valence-corrected chi connectivity index (χ3v) is 6.40. The van der Waals surface area contributed by atoms with Crippen molar-refractivity contribution in [3.8, 4) is 11.5 Å². The Morgan fingerprint density at radius 3 is 2.42 bits per heavy atom. The predicted octanol–water partition coefficient (Wildman–Crippen LogP) is 4.70. The lowest BCUT2D eigenvalue weighted by molar-refractivity contribution is -0.140. The Morgan fingerprint density at radius 2 is 1.73 bits per heavy atom. The third kappa shape index (κ3) is 5.77. The SMILES string of the molecule is O=C(NC1CCCCCC1)C(c1ccc(F)cc1)N(Cc1ccc2c(c1)OCO2)C(=O)CCl. The number of hydrogen-bond acceptors (Lipinski definition) is 4. The van der Waals surface area contributed by atoms with E-state index in [-0.39, 0.29) is 37.1 Å². The summed E-state index contributed by atoms with van der Waals surface area (Å²) in [6.07, 6.45) is 6.27. The van der Waals surface area contributed by atoms with Gasteiger partial charge in [0.05, 0.1) is 0 Å². The zero-order valence-electron chi connectivity index (χ0n) is 18.4. The predicted molar refractivity (Wildman–Crippen MR) is 123 cm³/mol. The lowest BCUT2D eigenvalue weighted by Gasteiger charge is -2.32. The van der Waals surface area contributed by atoms with Crippen LogP contribution in [-0.2, 0) is 16.1 Å². The molecule has 0 saturated heterocycles. The first kappa shape index (κ1) is 23.4. The van der Waals surface area contributed by atoms with Crippen molar-refractivity contribution in [3.05, 3.63) is 59.4 Å². The van der Waals surface area contributed by atoms with Gasteiger partial charge in [-0.05, 0) is 48.2 Å². The first-order valence-corrected chi connectivity index (χ1v) is 11.9. The molecule has 1 heterocycles. The van der Waals surface area contributed by atoms with E-state index in [2.05, 4.69) is 5.32 Å². The van der Waals surface area contributed by atoms with E-state index in [0.29, 0.717) is 17.1 Å². The molecule has 2 aromatic carbocycles. The van der Waals surface area contributed by atoms with Gasteiger partial charge in [-0.15, -0.1) is 11.6 Å². The van der Waals surface area contributed by atoms with Gasteiger partial charge in [-0.2, -0.15) is 0 Å². The van der Waals surface area contributed by atoms with Gasteiger partial charge in [0.15, 0.2) is 11.5 Å². The molecular formula is C25H28ClFN2O4.